The normalized spacial score (nSPS) is 10.5. The van der Waals surface area contributed by atoms with E-state index in [4.69, 9.17) is 14.6 Å². The number of carboxylic acid groups (broad SMARTS) is 1. The van der Waals surface area contributed by atoms with E-state index in [1.807, 2.05) is 73.7 Å². The Hall–Kier alpha value is -3.45. The fourth-order valence-corrected chi connectivity index (χ4v) is 4.19. The summed E-state index contributed by atoms with van der Waals surface area (Å²) in [7, 11) is 0. The van der Waals surface area contributed by atoms with Gasteiger partial charge in [0, 0.05) is 15.5 Å². The molecule has 0 spiro atoms. The van der Waals surface area contributed by atoms with Gasteiger partial charge in [0.25, 0.3) is 5.91 Å². The van der Waals surface area contributed by atoms with E-state index in [9.17, 15) is 9.59 Å². The summed E-state index contributed by atoms with van der Waals surface area (Å²) < 4.78 is 11.1. The maximum Gasteiger partial charge on any atom is 0.341 e. The van der Waals surface area contributed by atoms with Crippen molar-refractivity contribution in [2.45, 2.75) is 36.5 Å². The smallest absolute Gasteiger partial charge is 0.341 e. The van der Waals surface area contributed by atoms with Crippen LogP contribution in [-0.2, 0) is 16.0 Å². The molecule has 0 unspecified atom stereocenters. The Kier molecular flexibility index (Phi) is 8.78. The first-order valence-electron chi connectivity index (χ1n) is 10.7. The molecule has 0 aliphatic heterocycles. The minimum absolute atomic E-state index is 0.0690. The molecule has 0 aromatic heterocycles. The molecule has 1 amide bonds. The largest absolute Gasteiger partial charge is 0.483 e. The molecule has 0 aliphatic rings. The van der Waals surface area contributed by atoms with Crippen LogP contribution in [-0.4, -0.2) is 30.2 Å². The van der Waals surface area contributed by atoms with Crippen molar-refractivity contribution in [3.63, 3.8) is 0 Å². The monoisotopic (exact) mass is 465 g/mol. The molecule has 3 aromatic carbocycles. The van der Waals surface area contributed by atoms with Crippen molar-refractivity contribution >= 4 is 29.3 Å². The number of benzene rings is 3. The Morgan fingerprint density at radius 1 is 0.909 bits per heavy atom. The number of ether oxygens (including phenoxy) is 2. The van der Waals surface area contributed by atoms with Gasteiger partial charge in [-0.25, -0.2) is 4.79 Å². The van der Waals surface area contributed by atoms with Gasteiger partial charge in [-0.3, -0.25) is 4.79 Å². The van der Waals surface area contributed by atoms with E-state index in [0.717, 1.165) is 39.4 Å². The van der Waals surface area contributed by atoms with Gasteiger partial charge in [-0.2, -0.15) is 0 Å². The SMILES string of the molecule is CCCc1cc(Sc2ccc(OCC(=O)Nc3ccccc3)c(C)c2)ccc1OCC(=O)O. The summed E-state index contributed by atoms with van der Waals surface area (Å²) in [4.78, 5) is 25.0. The highest BCUT2D eigenvalue weighted by Gasteiger charge is 2.10. The number of hydrogen-bond acceptors (Lipinski definition) is 5. The molecular weight excluding hydrogens is 438 g/mol. The van der Waals surface area contributed by atoms with E-state index in [1.165, 1.54) is 0 Å². The molecule has 0 bridgehead atoms. The number of rotatable bonds is 11. The standard InChI is InChI=1S/C26H27NO5S/c1-3-7-19-15-22(11-13-24(19)32-17-26(29)30)33-21-10-12-23(18(2)14-21)31-16-25(28)27-20-8-5-4-6-9-20/h4-6,8-15H,3,7,16-17H2,1-2H3,(H,27,28)(H,29,30). The van der Waals surface area contributed by atoms with E-state index < -0.39 is 5.97 Å². The van der Waals surface area contributed by atoms with Gasteiger partial charge < -0.3 is 19.9 Å². The van der Waals surface area contributed by atoms with Crippen LogP contribution in [0.5, 0.6) is 11.5 Å². The van der Waals surface area contributed by atoms with Crippen LogP contribution in [0.4, 0.5) is 5.69 Å². The number of para-hydroxylation sites is 1. The summed E-state index contributed by atoms with van der Waals surface area (Å²) in [5.74, 6) is 0.0582. The Bertz CT molecular complexity index is 1100. The average molecular weight is 466 g/mol. The Labute approximate surface area is 197 Å². The van der Waals surface area contributed by atoms with Gasteiger partial charge in [-0.05, 0) is 73.0 Å². The maximum absolute atomic E-state index is 12.1. The molecule has 0 aliphatic carbocycles. The van der Waals surface area contributed by atoms with Gasteiger partial charge in [0.15, 0.2) is 13.2 Å². The van der Waals surface area contributed by atoms with Crippen LogP contribution in [0.2, 0.25) is 0 Å². The highest BCUT2D eigenvalue weighted by atomic mass is 32.2. The zero-order valence-electron chi connectivity index (χ0n) is 18.7. The molecule has 0 atom stereocenters. The first-order valence-corrected chi connectivity index (χ1v) is 11.5. The van der Waals surface area contributed by atoms with Gasteiger partial charge >= 0.3 is 5.97 Å². The van der Waals surface area contributed by atoms with Crippen molar-refractivity contribution in [2.24, 2.45) is 0 Å². The summed E-state index contributed by atoms with van der Waals surface area (Å²) in [5.41, 5.74) is 2.66. The quantitative estimate of drug-likeness (QED) is 0.385. The van der Waals surface area contributed by atoms with E-state index in [0.29, 0.717) is 11.5 Å². The topological polar surface area (TPSA) is 84.9 Å². The number of nitrogens with one attached hydrogen (secondary N) is 1. The lowest BCUT2D eigenvalue weighted by Crippen LogP contribution is -2.20. The molecule has 3 aromatic rings. The third kappa shape index (κ3) is 7.57. The number of amides is 1. The lowest BCUT2D eigenvalue weighted by molar-refractivity contribution is -0.139. The summed E-state index contributed by atoms with van der Waals surface area (Å²) in [6, 6.07) is 20.9. The van der Waals surface area contributed by atoms with Crippen molar-refractivity contribution in [2.75, 3.05) is 18.5 Å². The zero-order valence-corrected chi connectivity index (χ0v) is 19.5. The third-order valence-corrected chi connectivity index (χ3v) is 5.68. The molecule has 172 valence electrons. The molecule has 6 nitrogen and oxygen atoms in total. The Balaban J connectivity index is 1.61. The third-order valence-electron chi connectivity index (χ3n) is 4.70. The molecule has 2 N–H and O–H groups in total. The van der Waals surface area contributed by atoms with Crippen LogP contribution in [0.3, 0.4) is 0 Å². The van der Waals surface area contributed by atoms with Gasteiger partial charge in [0.2, 0.25) is 0 Å². The molecule has 0 saturated carbocycles. The highest BCUT2D eigenvalue weighted by molar-refractivity contribution is 7.99. The molecule has 0 saturated heterocycles. The number of aliphatic carboxylic acids is 1. The Morgan fingerprint density at radius 2 is 1.58 bits per heavy atom. The van der Waals surface area contributed by atoms with Crippen LogP contribution in [0, 0.1) is 6.92 Å². The van der Waals surface area contributed by atoms with Crippen LogP contribution >= 0.6 is 11.8 Å². The van der Waals surface area contributed by atoms with Gasteiger partial charge in [0.1, 0.15) is 11.5 Å². The lowest BCUT2D eigenvalue weighted by atomic mass is 10.1. The fourth-order valence-electron chi connectivity index (χ4n) is 3.21. The minimum atomic E-state index is -0.994. The Morgan fingerprint density at radius 3 is 2.24 bits per heavy atom. The van der Waals surface area contributed by atoms with E-state index in [1.54, 1.807) is 11.8 Å². The molecule has 0 heterocycles. The second-order valence-electron chi connectivity index (χ2n) is 7.43. The van der Waals surface area contributed by atoms with E-state index >= 15 is 0 Å². The number of carbonyl (C=O) groups is 2. The van der Waals surface area contributed by atoms with Crippen molar-refractivity contribution in [3.8, 4) is 11.5 Å². The van der Waals surface area contributed by atoms with Crippen molar-refractivity contribution in [3.05, 3.63) is 77.9 Å². The molecule has 7 heteroatoms. The number of anilines is 1. The second kappa shape index (κ2) is 12.0. The highest BCUT2D eigenvalue weighted by Crippen LogP contribution is 2.34. The van der Waals surface area contributed by atoms with E-state index in [-0.39, 0.29) is 19.1 Å². The maximum atomic E-state index is 12.1. The van der Waals surface area contributed by atoms with Crippen LogP contribution in [0.25, 0.3) is 0 Å². The molecule has 33 heavy (non-hydrogen) atoms. The molecule has 0 radical (unpaired) electrons. The molecule has 3 rings (SSSR count). The van der Waals surface area contributed by atoms with Gasteiger partial charge in [-0.15, -0.1) is 0 Å². The molecule has 0 fully saturated rings. The average Bonchev–Trinajstić information content (AvgIpc) is 2.79. The predicted octanol–water partition coefficient (Wildman–Crippen LogP) is 5.58. The lowest BCUT2D eigenvalue weighted by Gasteiger charge is -2.13. The van der Waals surface area contributed by atoms with E-state index in [2.05, 4.69) is 12.2 Å². The van der Waals surface area contributed by atoms with Crippen molar-refractivity contribution < 1.29 is 24.2 Å². The summed E-state index contributed by atoms with van der Waals surface area (Å²) in [5, 5.41) is 11.7. The van der Waals surface area contributed by atoms with Gasteiger partial charge in [0.05, 0.1) is 0 Å². The van der Waals surface area contributed by atoms with Crippen molar-refractivity contribution in [1.29, 1.82) is 0 Å². The predicted molar refractivity (Wildman–Crippen MR) is 129 cm³/mol. The zero-order chi connectivity index (χ0) is 23.6. The number of carboxylic acids is 1. The summed E-state index contributed by atoms with van der Waals surface area (Å²) in [6.45, 7) is 3.59. The van der Waals surface area contributed by atoms with Crippen LogP contribution < -0.4 is 14.8 Å². The van der Waals surface area contributed by atoms with Gasteiger partial charge in [-0.1, -0.05) is 43.3 Å². The second-order valence-corrected chi connectivity index (χ2v) is 8.58. The number of hydrogen-bond donors (Lipinski definition) is 2. The fraction of sp³-hybridized carbons (Fsp3) is 0.231. The molecular formula is C26H27NO5S. The van der Waals surface area contributed by atoms with Crippen molar-refractivity contribution in [1.82, 2.24) is 0 Å². The van der Waals surface area contributed by atoms with Crippen LogP contribution in [0.1, 0.15) is 24.5 Å². The number of carbonyl (C=O) groups excluding carboxylic acids is 1. The summed E-state index contributed by atoms with van der Waals surface area (Å²) in [6.07, 6.45) is 1.74. The number of aryl methyl sites for hydroxylation is 2. The first-order chi connectivity index (χ1) is 15.9. The minimum Gasteiger partial charge on any atom is -0.483 e. The first kappa shape index (κ1) is 24.2. The summed E-state index contributed by atoms with van der Waals surface area (Å²) >= 11 is 1.60. The van der Waals surface area contributed by atoms with Crippen LogP contribution in [0.15, 0.2) is 76.5 Å².